The van der Waals surface area contributed by atoms with Crippen LogP contribution < -0.4 is 19.7 Å². The molecule has 0 spiro atoms. The highest BCUT2D eigenvalue weighted by Crippen LogP contribution is 2.30. The lowest BCUT2D eigenvalue weighted by atomic mass is 10.1. The van der Waals surface area contributed by atoms with E-state index in [9.17, 15) is 4.79 Å². The highest BCUT2D eigenvalue weighted by atomic mass is 16.5. The molecule has 3 rings (SSSR count). The molecule has 0 radical (unpaired) electrons. The minimum atomic E-state index is 0.0149. The molecule has 132 valence electrons. The van der Waals surface area contributed by atoms with Crippen molar-refractivity contribution >= 4 is 17.3 Å². The van der Waals surface area contributed by atoms with Gasteiger partial charge in [-0.15, -0.1) is 0 Å². The van der Waals surface area contributed by atoms with Gasteiger partial charge in [-0.1, -0.05) is 6.07 Å². The maximum atomic E-state index is 12.3. The number of rotatable bonds is 6. The molecule has 0 aromatic heterocycles. The molecular formula is C20H24N2O3. The number of aryl methyl sites for hydroxylation is 1. The summed E-state index contributed by atoms with van der Waals surface area (Å²) in [6.07, 6.45) is 2.10. The molecule has 0 unspecified atom stereocenters. The van der Waals surface area contributed by atoms with Gasteiger partial charge in [0.05, 0.1) is 14.2 Å². The number of ether oxygens (including phenoxy) is 2. The Balaban J connectivity index is 1.58. The normalized spacial score (nSPS) is 12.7. The number of methoxy groups -OCH3 is 2. The zero-order valence-electron chi connectivity index (χ0n) is 15.0. The highest BCUT2D eigenvalue weighted by Gasteiger charge is 2.16. The standard InChI is InChI=1S/C20H24N2O3/c1-22-11-10-15-13-16(6-7-17(15)22)21-20(23)9-5-14-4-8-18(24-2)19(12-14)25-3/h4,6-8,12-13H,5,9-11H2,1-3H3,(H,21,23). The second-order valence-electron chi connectivity index (χ2n) is 6.25. The maximum absolute atomic E-state index is 12.3. The van der Waals surface area contributed by atoms with Gasteiger partial charge in [-0.25, -0.2) is 0 Å². The summed E-state index contributed by atoms with van der Waals surface area (Å²) < 4.78 is 10.5. The predicted octanol–water partition coefficient (Wildman–Crippen LogP) is 3.27. The number of nitrogens with one attached hydrogen (secondary N) is 1. The topological polar surface area (TPSA) is 50.8 Å². The van der Waals surface area contributed by atoms with Crippen LogP contribution in [0.25, 0.3) is 0 Å². The Morgan fingerprint density at radius 3 is 2.68 bits per heavy atom. The zero-order valence-corrected chi connectivity index (χ0v) is 15.0. The number of fused-ring (bicyclic) bond motifs is 1. The van der Waals surface area contributed by atoms with Crippen LogP contribution in [-0.4, -0.2) is 33.7 Å². The molecule has 2 aromatic carbocycles. The first kappa shape index (κ1) is 17.1. The van der Waals surface area contributed by atoms with Crippen LogP contribution in [-0.2, 0) is 17.6 Å². The van der Waals surface area contributed by atoms with Gasteiger partial charge in [0.15, 0.2) is 11.5 Å². The largest absolute Gasteiger partial charge is 0.493 e. The van der Waals surface area contributed by atoms with Crippen molar-refractivity contribution in [3.8, 4) is 11.5 Å². The van der Waals surface area contributed by atoms with Gasteiger partial charge in [0.25, 0.3) is 0 Å². The van der Waals surface area contributed by atoms with E-state index in [-0.39, 0.29) is 5.91 Å². The summed E-state index contributed by atoms with van der Waals surface area (Å²) in [5, 5.41) is 2.99. The van der Waals surface area contributed by atoms with Crippen LogP contribution in [0.1, 0.15) is 17.5 Å². The average molecular weight is 340 g/mol. The molecule has 1 amide bonds. The summed E-state index contributed by atoms with van der Waals surface area (Å²) in [5.74, 6) is 1.39. The molecule has 0 aliphatic carbocycles. The van der Waals surface area contributed by atoms with Gasteiger partial charge in [-0.05, 0) is 54.3 Å². The molecule has 0 bridgehead atoms. The van der Waals surface area contributed by atoms with Crippen LogP contribution >= 0.6 is 0 Å². The van der Waals surface area contributed by atoms with Crippen LogP contribution in [0.4, 0.5) is 11.4 Å². The second kappa shape index (κ2) is 7.47. The SMILES string of the molecule is COc1ccc(CCC(=O)Nc2ccc3c(c2)CCN3C)cc1OC. The van der Waals surface area contributed by atoms with E-state index >= 15 is 0 Å². The van der Waals surface area contributed by atoms with E-state index in [1.807, 2.05) is 24.3 Å². The van der Waals surface area contributed by atoms with E-state index in [0.29, 0.717) is 24.3 Å². The molecule has 1 heterocycles. The minimum absolute atomic E-state index is 0.0149. The van der Waals surface area contributed by atoms with Gasteiger partial charge in [0.1, 0.15) is 0 Å². The van der Waals surface area contributed by atoms with Gasteiger partial charge < -0.3 is 19.7 Å². The summed E-state index contributed by atoms with van der Waals surface area (Å²) >= 11 is 0. The number of nitrogens with zero attached hydrogens (tertiary/aromatic N) is 1. The Hall–Kier alpha value is -2.69. The number of carbonyl (C=O) groups is 1. The molecule has 0 fully saturated rings. The Bertz CT molecular complexity index is 774. The number of benzene rings is 2. The first-order valence-electron chi connectivity index (χ1n) is 8.45. The third-order valence-corrected chi connectivity index (χ3v) is 4.58. The summed E-state index contributed by atoms with van der Waals surface area (Å²) in [6, 6.07) is 11.9. The highest BCUT2D eigenvalue weighted by molar-refractivity contribution is 5.91. The monoisotopic (exact) mass is 340 g/mol. The second-order valence-corrected chi connectivity index (χ2v) is 6.25. The molecule has 0 saturated carbocycles. The number of carbonyl (C=O) groups excluding carboxylic acids is 1. The lowest BCUT2D eigenvalue weighted by molar-refractivity contribution is -0.116. The number of anilines is 2. The summed E-state index contributed by atoms with van der Waals surface area (Å²) in [4.78, 5) is 14.5. The molecule has 0 saturated heterocycles. The Kier molecular flexibility index (Phi) is 5.12. The van der Waals surface area contributed by atoms with Gasteiger partial charge in [-0.3, -0.25) is 4.79 Å². The quantitative estimate of drug-likeness (QED) is 0.877. The van der Waals surface area contributed by atoms with Crippen molar-refractivity contribution in [3.05, 3.63) is 47.5 Å². The van der Waals surface area contributed by atoms with Gasteiger partial charge in [-0.2, -0.15) is 0 Å². The summed E-state index contributed by atoms with van der Waals surface area (Å²) in [6.45, 7) is 1.03. The first-order chi connectivity index (χ1) is 12.1. The molecule has 5 nitrogen and oxygen atoms in total. The molecule has 1 aliphatic heterocycles. The average Bonchev–Trinajstić information content (AvgIpc) is 3.00. The van der Waals surface area contributed by atoms with Gasteiger partial charge >= 0.3 is 0 Å². The fourth-order valence-electron chi connectivity index (χ4n) is 3.16. The van der Waals surface area contributed by atoms with Crippen molar-refractivity contribution in [1.82, 2.24) is 0 Å². The van der Waals surface area contributed by atoms with E-state index < -0.39 is 0 Å². The van der Waals surface area contributed by atoms with Crippen molar-refractivity contribution in [1.29, 1.82) is 0 Å². The van der Waals surface area contributed by atoms with Gasteiger partial charge in [0.2, 0.25) is 5.91 Å². The third kappa shape index (κ3) is 3.87. The van der Waals surface area contributed by atoms with Crippen LogP contribution in [0, 0.1) is 0 Å². The molecule has 5 heteroatoms. The molecule has 25 heavy (non-hydrogen) atoms. The van der Waals surface area contributed by atoms with Crippen molar-refractivity contribution < 1.29 is 14.3 Å². The fourth-order valence-corrected chi connectivity index (χ4v) is 3.16. The molecule has 2 aromatic rings. The fraction of sp³-hybridized carbons (Fsp3) is 0.350. The maximum Gasteiger partial charge on any atom is 0.224 e. The lowest BCUT2D eigenvalue weighted by Crippen LogP contribution is -2.13. The Morgan fingerprint density at radius 2 is 1.92 bits per heavy atom. The van der Waals surface area contributed by atoms with E-state index in [0.717, 1.165) is 24.2 Å². The molecule has 1 N–H and O–H groups in total. The third-order valence-electron chi connectivity index (χ3n) is 4.58. The predicted molar refractivity (Wildman–Crippen MR) is 99.9 cm³/mol. The van der Waals surface area contributed by atoms with E-state index in [1.165, 1.54) is 11.3 Å². The van der Waals surface area contributed by atoms with Crippen molar-refractivity contribution in [3.63, 3.8) is 0 Å². The summed E-state index contributed by atoms with van der Waals surface area (Å²) in [7, 11) is 5.31. The number of hydrogen-bond donors (Lipinski definition) is 1. The number of amides is 1. The van der Waals surface area contributed by atoms with E-state index in [1.54, 1.807) is 14.2 Å². The van der Waals surface area contributed by atoms with E-state index in [2.05, 4.69) is 29.4 Å². The van der Waals surface area contributed by atoms with Crippen molar-refractivity contribution in [2.45, 2.75) is 19.3 Å². The minimum Gasteiger partial charge on any atom is -0.493 e. The van der Waals surface area contributed by atoms with E-state index in [4.69, 9.17) is 9.47 Å². The van der Waals surface area contributed by atoms with Crippen LogP contribution in [0.3, 0.4) is 0 Å². The smallest absolute Gasteiger partial charge is 0.224 e. The van der Waals surface area contributed by atoms with Crippen molar-refractivity contribution in [2.75, 3.05) is 38.0 Å². The van der Waals surface area contributed by atoms with Gasteiger partial charge in [0, 0.05) is 31.4 Å². The van der Waals surface area contributed by atoms with Crippen LogP contribution in [0.5, 0.6) is 11.5 Å². The Morgan fingerprint density at radius 1 is 1.12 bits per heavy atom. The molecular weight excluding hydrogens is 316 g/mol. The van der Waals surface area contributed by atoms with Crippen LogP contribution in [0.2, 0.25) is 0 Å². The zero-order chi connectivity index (χ0) is 17.8. The van der Waals surface area contributed by atoms with Crippen LogP contribution in [0.15, 0.2) is 36.4 Å². The number of hydrogen-bond acceptors (Lipinski definition) is 4. The number of likely N-dealkylation sites (N-methyl/N-ethyl adjacent to an activating group) is 1. The lowest BCUT2D eigenvalue weighted by Gasteiger charge is -2.13. The van der Waals surface area contributed by atoms with Crippen molar-refractivity contribution in [2.24, 2.45) is 0 Å². The Labute approximate surface area is 148 Å². The first-order valence-corrected chi connectivity index (χ1v) is 8.45. The molecule has 1 aliphatic rings. The molecule has 0 atom stereocenters. The summed E-state index contributed by atoms with van der Waals surface area (Å²) in [5.41, 5.74) is 4.46.